The van der Waals surface area contributed by atoms with Crippen molar-refractivity contribution in [2.75, 3.05) is 11.9 Å². The zero-order valence-electron chi connectivity index (χ0n) is 15.0. The molecular formula is C19H22ClN5O. The van der Waals surface area contributed by atoms with E-state index in [0.29, 0.717) is 28.7 Å². The maximum absolute atomic E-state index is 9.12. The molecule has 3 N–H and O–H groups in total. The number of rotatable bonds is 6. The fraction of sp³-hybridized carbons (Fsp3) is 0.316. The summed E-state index contributed by atoms with van der Waals surface area (Å²) in [5.41, 5.74) is 4.32. The van der Waals surface area contributed by atoms with Crippen molar-refractivity contribution in [3.8, 4) is 0 Å². The van der Waals surface area contributed by atoms with Crippen molar-refractivity contribution in [2.24, 2.45) is 0 Å². The van der Waals surface area contributed by atoms with E-state index in [1.807, 2.05) is 45.0 Å². The SMILES string of the molecule is Cc1nc(Nc2cccc(Cl)c2C)c2ncc(CNC(C)CO)cc2n1. The van der Waals surface area contributed by atoms with Gasteiger partial charge in [-0.1, -0.05) is 17.7 Å². The summed E-state index contributed by atoms with van der Waals surface area (Å²) in [5, 5.41) is 16.4. The van der Waals surface area contributed by atoms with Crippen LogP contribution >= 0.6 is 11.6 Å². The molecule has 0 fully saturated rings. The van der Waals surface area contributed by atoms with Crippen molar-refractivity contribution in [3.63, 3.8) is 0 Å². The lowest BCUT2D eigenvalue weighted by Gasteiger charge is -2.13. The number of aliphatic hydroxyl groups excluding tert-OH is 1. The highest BCUT2D eigenvalue weighted by Gasteiger charge is 2.11. The number of hydrogen-bond donors (Lipinski definition) is 3. The lowest BCUT2D eigenvalue weighted by atomic mass is 10.2. The van der Waals surface area contributed by atoms with E-state index in [2.05, 4.69) is 25.6 Å². The molecule has 26 heavy (non-hydrogen) atoms. The maximum Gasteiger partial charge on any atom is 0.160 e. The van der Waals surface area contributed by atoms with E-state index in [9.17, 15) is 0 Å². The smallest absolute Gasteiger partial charge is 0.160 e. The van der Waals surface area contributed by atoms with Gasteiger partial charge < -0.3 is 15.7 Å². The number of nitrogens with one attached hydrogen (secondary N) is 2. The third kappa shape index (κ3) is 4.09. The number of hydrogen-bond acceptors (Lipinski definition) is 6. The van der Waals surface area contributed by atoms with E-state index in [0.717, 1.165) is 22.3 Å². The first-order valence-corrected chi connectivity index (χ1v) is 8.85. The summed E-state index contributed by atoms with van der Waals surface area (Å²) in [6, 6.07) is 7.73. The van der Waals surface area contributed by atoms with Crippen LogP contribution in [0.5, 0.6) is 0 Å². The Kier molecular flexibility index (Phi) is 5.66. The predicted molar refractivity (Wildman–Crippen MR) is 105 cm³/mol. The summed E-state index contributed by atoms with van der Waals surface area (Å²) in [6.45, 7) is 6.45. The normalized spacial score (nSPS) is 12.3. The quantitative estimate of drug-likeness (QED) is 0.615. The molecule has 0 aliphatic heterocycles. The Morgan fingerprint density at radius 2 is 2.04 bits per heavy atom. The molecule has 2 heterocycles. The topological polar surface area (TPSA) is 83.0 Å². The fourth-order valence-electron chi connectivity index (χ4n) is 2.59. The Morgan fingerprint density at radius 1 is 1.23 bits per heavy atom. The van der Waals surface area contributed by atoms with Gasteiger partial charge in [0, 0.05) is 29.5 Å². The van der Waals surface area contributed by atoms with Crippen LogP contribution < -0.4 is 10.6 Å². The number of aliphatic hydroxyl groups is 1. The van der Waals surface area contributed by atoms with Gasteiger partial charge in [-0.15, -0.1) is 0 Å². The van der Waals surface area contributed by atoms with E-state index < -0.39 is 0 Å². The van der Waals surface area contributed by atoms with Gasteiger partial charge in [0.15, 0.2) is 5.82 Å². The van der Waals surface area contributed by atoms with Crippen LogP contribution in [0.4, 0.5) is 11.5 Å². The molecule has 0 amide bonds. The second-order valence-electron chi connectivity index (χ2n) is 6.33. The molecule has 3 aromatic rings. The molecule has 3 rings (SSSR count). The highest BCUT2D eigenvalue weighted by Crippen LogP contribution is 2.28. The molecule has 1 unspecified atom stereocenters. The Balaban J connectivity index is 1.94. The van der Waals surface area contributed by atoms with Gasteiger partial charge in [0.1, 0.15) is 11.3 Å². The first kappa shape index (κ1) is 18.5. The minimum absolute atomic E-state index is 0.0286. The number of benzene rings is 1. The third-order valence-electron chi connectivity index (χ3n) is 4.15. The van der Waals surface area contributed by atoms with Crippen LogP contribution in [0.2, 0.25) is 5.02 Å². The second kappa shape index (κ2) is 7.95. The number of nitrogens with zero attached hydrogens (tertiary/aromatic N) is 3. The maximum atomic E-state index is 9.12. The van der Waals surface area contributed by atoms with Crippen molar-refractivity contribution in [3.05, 3.63) is 52.4 Å². The summed E-state index contributed by atoms with van der Waals surface area (Å²) in [6.07, 6.45) is 1.80. The largest absolute Gasteiger partial charge is 0.395 e. The second-order valence-corrected chi connectivity index (χ2v) is 6.74. The number of fused-ring (bicyclic) bond motifs is 1. The molecule has 1 aromatic carbocycles. The molecule has 2 aromatic heterocycles. The van der Waals surface area contributed by atoms with Crippen LogP contribution in [0.1, 0.15) is 23.9 Å². The minimum Gasteiger partial charge on any atom is -0.395 e. The van der Waals surface area contributed by atoms with Crippen molar-refractivity contribution >= 4 is 34.1 Å². The van der Waals surface area contributed by atoms with Crippen LogP contribution in [0.15, 0.2) is 30.5 Å². The fourth-order valence-corrected chi connectivity index (χ4v) is 2.76. The van der Waals surface area contributed by atoms with Gasteiger partial charge >= 0.3 is 0 Å². The molecule has 6 nitrogen and oxygen atoms in total. The van der Waals surface area contributed by atoms with Crippen LogP contribution in [0, 0.1) is 13.8 Å². The Morgan fingerprint density at radius 3 is 2.81 bits per heavy atom. The number of halogens is 1. The number of aromatic nitrogens is 3. The molecular weight excluding hydrogens is 350 g/mol. The van der Waals surface area contributed by atoms with Gasteiger partial charge in [0.05, 0.1) is 12.1 Å². The van der Waals surface area contributed by atoms with Gasteiger partial charge in [-0.05, 0) is 50.1 Å². The highest BCUT2D eigenvalue weighted by molar-refractivity contribution is 6.31. The first-order chi connectivity index (χ1) is 12.5. The molecule has 0 aliphatic rings. The Bertz CT molecular complexity index is 931. The predicted octanol–water partition coefficient (Wildman–Crippen LogP) is 3.51. The Labute approximate surface area is 157 Å². The van der Waals surface area contributed by atoms with Crippen molar-refractivity contribution in [1.82, 2.24) is 20.3 Å². The molecule has 0 saturated carbocycles. The van der Waals surface area contributed by atoms with Crippen molar-refractivity contribution < 1.29 is 5.11 Å². The summed E-state index contributed by atoms with van der Waals surface area (Å²) in [5.74, 6) is 1.32. The standard InChI is InChI=1S/C19H22ClN5O/c1-11(10-26)21-8-14-7-17-18(22-9-14)19(24-13(3)23-17)25-16-6-4-5-15(20)12(16)2/h4-7,9,11,21,26H,8,10H2,1-3H3,(H,23,24,25). The number of anilines is 2. The van der Waals surface area contributed by atoms with Gasteiger partial charge in [-0.2, -0.15) is 0 Å². The molecule has 1 atom stereocenters. The number of aryl methyl sites for hydroxylation is 1. The van der Waals surface area contributed by atoms with Gasteiger partial charge in [-0.25, -0.2) is 9.97 Å². The average Bonchev–Trinajstić information content (AvgIpc) is 2.63. The first-order valence-electron chi connectivity index (χ1n) is 8.47. The monoisotopic (exact) mass is 371 g/mol. The third-order valence-corrected chi connectivity index (χ3v) is 4.56. The minimum atomic E-state index is 0.0286. The molecule has 0 aliphatic carbocycles. The van der Waals surface area contributed by atoms with Crippen LogP contribution in [0.3, 0.4) is 0 Å². The van der Waals surface area contributed by atoms with Gasteiger partial charge in [-0.3, -0.25) is 4.98 Å². The van der Waals surface area contributed by atoms with Crippen LogP contribution in [-0.4, -0.2) is 32.7 Å². The summed E-state index contributed by atoms with van der Waals surface area (Å²) in [4.78, 5) is 13.6. The zero-order chi connectivity index (χ0) is 18.7. The Hall–Kier alpha value is -2.28. The van der Waals surface area contributed by atoms with Crippen molar-refractivity contribution in [1.29, 1.82) is 0 Å². The molecule has 136 valence electrons. The van der Waals surface area contributed by atoms with Crippen molar-refractivity contribution in [2.45, 2.75) is 33.4 Å². The number of pyridine rings is 1. The van der Waals surface area contributed by atoms with E-state index in [1.165, 1.54) is 0 Å². The van der Waals surface area contributed by atoms with Gasteiger partial charge in [0.25, 0.3) is 0 Å². The zero-order valence-corrected chi connectivity index (χ0v) is 15.8. The summed E-state index contributed by atoms with van der Waals surface area (Å²) in [7, 11) is 0. The van der Waals surface area contributed by atoms with Gasteiger partial charge in [0.2, 0.25) is 0 Å². The van der Waals surface area contributed by atoms with Crippen LogP contribution in [-0.2, 0) is 6.54 Å². The summed E-state index contributed by atoms with van der Waals surface area (Å²) < 4.78 is 0. The molecule has 0 saturated heterocycles. The lowest BCUT2D eigenvalue weighted by Crippen LogP contribution is -2.28. The average molecular weight is 372 g/mol. The molecule has 0 radical (unpaired) electrons. The van der Waals surface area contributed by atoms with E-state index in [4.69, 9.17) is 16.7 Å². The summed E-state index contributed by atoms with van der Waals surface area (Å²) >= 11 is 6.21. The van der Waals surface area contributed by atoms with Crippen LogP contribution in [0.25, 0.3) is 11.0 Å². The molecule has 7 heteroatoms. The van der Waals surface area contributed by atoms with E-state index in [1.54, 1.807) is 6.20 Å². The van der Waals surface area contributed by atoms with E-state index >= 15 is 0 Å². The van der Waals surface area contributed by atoms with E-state index in [-0.39, 0.29) is 12.6 Å². The lowest BCUT2D eigenvalue weighted by molar-refractivity contribution is 0.251. The molecule has 0 spiro atoms. The highest BCUT2D eigenvalue weighted by atomic mass is 35.5. The molecule has 0 bridgehead atoms.